The van der Waals surface area contributed by atoms with Crippen molar-refractivity contribution in [2.45, 2.75) is 25.2 Å². The van der Waals surface area contributed by atoms with Crippen LogP contribution in [0.5, 0.6) is 11.5 Å². The molecule has 0 saturated heterocycles. The Morgan fingerprint density at radius 2 is 1.75 bits per heavy atom. The van der Waals surface area contributed by atoms with Crippen molar-refractivity contribution in [1.82, 2.24) is 0 Å². The predicted molar refractivity (Wildman–Crippen MR) is 149 cm³/mol. The molecule has 0 fully saturated rings. The van der Waals surface area contributed by atoms with Crippen LogP contribution in [-0.4, -0.2) is 25.5 Å². The van der Waals surface area contributed by atoms with E-state index in [0.29, 0.717) is 23.1 Å². The summed E-state index contributed by atoms with van der Waals surface area (Å²) < 4.78 is 39.0. The van der Waals surface area contributed by atoms with Crippen molar-refractivity contribution in [1.29, 1.82) is 0 Å². The fraction of sp³-hybridized carbons (Fsp3) is 0.148. The predicted octanol–water partition coefficient (Wildman–Crippen LogP) is 4.10. The zero-order valence-electron chi connectivity index (χ0n) is 21.7. The third-order valence-corrected chi connectivity index (χ3v) is 7.34. The molecule has 4 rings (SSSR count). The molecule has 0 aromatic heterocycles. The molecule has 0 heterocycles. The first-order chi connectivity index (χ1) is 18.5. The molecule has 13 heteroatoms. The summed E-state index contributed by atoms with van der Waals surface area (Å²) in [5, 5.41) is 25.5. The first-order valence-electron chi connectivity index (χ1n) is 11.7. The van der Waals surface area contributed by atoms with Crippen LogP contribution in [0.3, 0.4) is 0 Å². The van der Waals surface area contributed by atoms with Crippen LogP contribution in [0.1, 0.15) is 29.8 Å². The summed E-state index contributed by atoms with van der Waals surface area (Å²) >= 11 is 12.5. The van der Waals surface area contributed by atoms with Gasteiger partial charge in [-0.3, -0.25) is 9.35 Å². The van der Waals surface area contributed by atoms with Gasteiger partial charge in [-0.15, -0.1) is 0 Å². The quantitative estimate of drug-likeness (QED) is 0.175. The standard InChI is InChI=1S/C27H23Cl2N3O6S.Na/c1-3-17-21(29)13-16(14-23(17)39(35,36)37)31-32-24-18-9-6-5-8-15(18)12-19(26(24)33)27(34)30-25-20(28)10-7-11-22(25)38-4-2;/h5-14,33H,3-4H2,1-2H3,(H,30,34)(H,35,36,37);/q;+1/p-1. The van der Waals surface area contributed by atoms with E-state index < -0.39 is 26.7 Å². The number of halogens is 2. The average Bonchev–Trinajstić information content (AvgIpc) is 2.89. The minimum atomic E-state index is -4.60. The van der Waals surface area contributed by atoms with Gasteiger partial charge >= 0.3 is 29.6 Å². The molecule has 1 amide bonds. The number of nitrogens with zero attached hydrogens (tertiary/aromatic N) is 2. The molecule has 2 N–H and O–H groups in total. The number of azo groups is 1. The van der Waals surface area contributed by atoms with E-state index >= 15 is 0 Å². The molecular weight excluding hydrogens is 588 g/mol. The minimum Gasteiger partial charge on any atom is -0.870 e. The van der Waals surface area contributed by atoms with E-state index in [9.17, 15) is 22.9 Å². The van der Waals surface area contributed by atoms with Gasteiger partial charge in [-0.2, -0.15) is 18.6 Å². The van der Waals surface area contributed by atoms with Gasteiger partial charge in [-0.1, -0.05) is 66.2 Å². The first kappa shape index (κ1) is 31.8. The molecule has 40 heavy (non-hydrogen) atoms. The second-order valence-electron chi connectivity index (χ2n) is 8.26. The first-order valence-corrected chi connectivity index (χ1v) is 13.9. The summed E-state index contributed by atoms with van der Waals surface area (Å²) in [5.74, 6) is -1.11. The number of nitrogens with one attached hydrogen (secondary N) is 1. The van der Waals surface area contributed by atoms with E-state index in [1.54, 1.807) is 56.3 Å². The van der Waals surface area contributed by atoms with E-state index in [1.165, 1.54) is 12.1 Å². The molecule has 0 aliphatic heterocycles. The fourth-order valence-corrected chi connectivity index (χ4v) is 5.45. The smallest absolute Gasteiger partial charge is 0.870 e. The Labute approximate surface area is 263 Å². The Morgan fingerprint density at radius 3 is 2.42 bits per heavy atom. The van der Waals surface area contributed by atoms with Gasteiger partial charge in [0.15, 0.2) is 0 Å². The van der Waals surface area contributed by atoms with Crippen LogP contribution in [0.4, 0.5) is 17.1 Å². The number of hydrogen-bond donors (Lipinski definition) is 2. The summed E-state index contributed by atoms with van der Waals surface area (Å²) in [7, 11) is -4.60. The van der Waals surface area contributed by atoms with Gasteiger partial charge in [0, 0.05) is 16.0 Å². The number of ether oxygens (including phenoxy) is 1. The second-order valence-corrected chi connectivity index (χ2v) is 10.5. The molecule has 0 radical (unpaired) electrons. The van der Waals surface area contributed by atoms with E-state index in [1.807, 2.05) is 0 Å². The number of benzene rings is 4. The van der Waals surface area contributed by atoms with Crippen molar-refractivity contribution in [3.05, 3.63) is 81.8 Å². The van der Waals surface area contributed by atoms with Gasteiger partial charge < -0.3 is 15.2 Å². The maximum atomic E-state index is 13.5. The van der Waals surface area contributed by atoms with E-state index in [4.69, 9.17) is 27.9 Å². The second kappa shape index (κ2) is 13.3. The van der Waals surface area contributed by atoms with Gasteiger partial charge in [-0.25, -0.2) is 0 Å². The number of rotatable bonds is 8. The summed E-state index contributed by atoms with van der Waals surface area (Å²) in [6.07, 6.45) is 0.244. The molecule has 0 aliphatic rings. The van der Waals surface area contributed by atoms with Crippen molar-refractivity contribution in [3.8, 4) is 11.5 Å². The van der Waals surface area contributed by atoms with Crippen LogP contribution >= 0.6 is 23.2 Å². The molecule has 4 aromatic carbocycles. The van der Waals surface area contributed by atoms with E-state index in [0.717, 1.165) is 6.07 Å². The SMILES string of the molecule is CCOc1cccc(Cl)c1NC(=O)c1cc2ccccc2c(N=Nc2cc(Cl)c(CC)c(S(=O)(=O)O)c2)c1[O-].[Na+]. The van der Waals surface area contributed by atoms with E-state index in [2.05, 4.69) is 15.5 Å². The number of para-hydroxylation sites is 1. The van der Waals surface area contributed by atoms with Crippen molar-refractivity contribution < 1.29 is 57.2 Å². The number of hydrogen-bond acceptors (Lipinski definition) is 7. The number of anilines is 1. The maximum Gasteiger partial charge on any atom is 1.00 e. The zero-order valence-corrected chi connectivity index (χ0v) is 26.1. The van der Waals surface area contributed by atoms with Crippen molar-refractivity contribution in [2.75, 3.05) is 11.9 Å². The van der Waals surface area contributed by atoms with Gasteiger partial charge in [0.1, 0.15) is 16.3 Å². The van der Waals surface area contributed by atoms with Gasteiger partial charge in [-0.05, 0) is 54.6 Å². The van der Waals surface area contributed by atoms with E-state index in [-0.39, 0.29) is 74.2 Å². The summed E-state index contributed by atoms with van der Waals surface area (Å²) in [6, 6.07) is 15.6. The van der Waals surface area contributed by atoms with Crippen LogP contribution < -0.4 is 44.7 Å². The van der Waals surface area contributed by atoms with Crippen LogP contribution in [0.15, 0.2) is 75.8 Å². The molecule has 0 saturated carbocycles. The Balaban J connectivity index is 0.00000441. The molecule has 0 atom stereocenters. The number of amides is 1. The molecule has 0 spiro atoms. The zero-order chi connectivity index (χ0) is 28.3. The van der Waals surface area contributed by atoms with Gasteiger partial charge in [0.2, 0.25) is 0 Å². The van der Waals surface area contributed by atoms with Gasteiger partial charge in [0.25, 0.3) is 16.0 Å². The van der Waals surface area contributed by atoms with Crippen molar-refractivity contribution >= 4 is 67.1 Å². The monoisotopic (exact) mass is 609 g/mol. The number of carbonyl (C=O) groups excluding carboxylic acids is 1. The molecule has 9 nitrogen and oxygen atoms in total. The van der Waals surface area contributed by atoms with Crippen molar-refractivity contribution in [2.24, 2.45) is 10.2 Å². The largest absolute Gasteiger partial charge is 1.00 e. The molecule has 4 aromatic rings. The average molecular weight is 610 g/mol. The molecule has 0 aliphatic carbocycles. The Bertz CT molecular complexity index is 1730. The van der Waals surface area contributed by atoms with Crippen LogP contribution in [0.25, 0.3) is 10.8 Å². The van der Waals surface area contributed by atoms with Crippen LogP contribution in [0, 0.1) is 0 Å². The maximum absolute atomic E-state index is 13.5. The third-order valence-electron chi connectivity index (χ3n) is 5.77. The van der Waals surface area contributed by atoms with Crippen LogP contribution in [0.2, 0.25) is 10.0 Å². The topological polar surface area (TPSA) is 140 Å². The Kier molecular flexibility index (Phi) is 10.6. The number of fused-ring (bicyclic) bond motifs is 1. The molecular formula is C27H22Cl2N3NaO6S. The van der Waals surface area contributed by atoms with Crippen LogP contribution in [-0.2, 0) is 16.5 Å². The fourth-order valence-electron chi connectivity index (χ4n) is 4.00. The Hall–Kier alpha value is -2.70. The van der Waals surface area contributed by atoms with Gasteiger partial charge in [0.05, 0.1) is 23.0 Å². The number of carbonyl (C=O) groups is 1. The normalized spacial score (nSPS) is 11.4. The third kappa shape index (κ3) is 6.77. The molecule has 202 valence electrons. The summed E-state index contributed by atoms with van der Waals surface area (Å²) in [5.41, 5.74) is 0.0537. The summed E-state index contributed by atoms with van der Waals surface area (Å²) in [4.78, 5) is 12.9. The van der Waals surface area contributed by atoms with Crippen molar-refractivity contribution in [3.63, 3.8) is 0 Å². The molecule has 0 bridgehead atoms. The Morgan fingerprint density at radius 1 is 1.02 bits per heavy atom. The summed E-state index contributed by atoms with van der Waals surface area (Å²) in [6.45, 7) is 3.80. The molecule has 0 unspecified atom stereocenters. The minimum absolute atomic E-state index is 0.